The van der Waals surface area contributed by atoms with Crippen molar-refractivity contribution >= 4 is 47.6 Å². The molecule has 3 heterocycles. The molecule has 0 radical (unpaired) electrons. The summed E-state index contributed by atoms with van der Waals surface area (Å²) in [5, 5.41) is 21.2. The molecule has 8 nitrogen and oxygen atoms in total. The molecule has 4 atom stereocenters. The third kappa shape index (κ3) is 7.07. The minimum Gasteiger partial charge on any atom is -0.504 e. The molecule has 0 aromatic heterocycles. The molecule has 2 amide bonds. The van der Waals surface area contributed by atoms with E-state index in [9.17, 15) is 19.7 Å². The third-order valence-corrected chi connectivity index (χ3v) is 11.6. The molecule has 4 aliphatic rings. The van der Waals surface area contributed by atoms with Crippen molar-refractivity contribution in [2.45, 2.75) is 83.8 Å². The first-order chi connectivity index (χ1) is 22.7. The van der Waals surface area contributed by atoms with Gasteiger partial charge in [-0.1, -0.05) is 61.4 Å². The van der Waals surface area contributed by atoms with Gasteiger partial charge in [-0.05, 0) is 109 Å². The number of rotatable bonds is 10. The Morgan fingerprint density at radius 2 is 1.85 bits per heavy atom. The van der Waals surface area contributed by atoms with Crippen LogP contribution in [0.1, 0.15) is 69.9 Å². The van der Waals surface area contributed by atoms with E-state index in [1.165, 1.54) is 16.7 Å². The summed E-state index contributed by atoms with van der Waals surface area (Å²) in [7, 11) is 0.577. The van der Waals surface area contributed by atoms with Crippen LogP contribution in [-0.4, -0.2) is 71.2 Å². The van der Waals surface area contributed by atoms with Crippen molar-refractivity contribution in [2.24, 2.45) is 17.8 Å². The Labute approximate surface area is 292 Å². The zero-order valence-electron chi connectivity index (χ0n) is 27.7. The molecule has 10 heteroatoms. The van der Waals surface area contributed by atoms with Crippen molar-refractivity contribution in [1.29, 1.82) is 0 Å². The van der Waals surface area contributed by atoms with Gasteiger partial charge in [-0.3, -0.25) is 19.4 Å². The van der Waals surface area contributed by atoms with Crippen LogP contribution in [0.4, 0.5) is 0 Å². The van der Waals surface area contributed by atoms with Gasteiger partial charge in [0.15, 0.2) is 11.5 Å². The summed E-state index contributed by atoms with van der Waals surface area (Å²) in [6.07, 6.45) is 7.44. The topological polar surface area (TPSA) is 99.5 Å². The molecule has 6 rings (SSSR count). The van der Waals surface area contributed by atoms with E-state index in [4.69, 9.17) is 9.39 Å². The second-order valence-electron chi connectivity index (χ2n) is 13.5. The number of allylic oxidation sites excluding steroid dienone is 2. The first-order valence-corrected chi connectivity index (χ1v) is 18.2. The zero-order valence-corrected chi connectivity index (χ0v) is 29.8. The number of ether oxygens (including phenoxy) is 1. The highest BCUT2D eigenvalue weighted by Crippen LogP contribution is 2.52. The Bertz CT molecular complexity index is 1540. The first-order valence-electron chi connectivity index (χ1n) is 17.2. The number of amides is 2. The highest BCUT2D eigenvalue weighted by atomic mass is 127. The molecule has 2 aromatic rings. The van der Waals surface area contributed by atoms with Gasteiger partial charge in [0.05, 0.1) is 28.6 Å². The van der Waals surface area contributed by atoms with Crippen LogP contribution in [0.15, 0.2) is 59.2 Å². The number of phenolic OH excluding ortho intramolecular Hbond substituents is 1. The number of halogens is 1. The van der Waals surface area contributed by atoms with Gasteiger partial charge in [-0.2, -0.15) is 0 Å². The Kier molecular flexibility index (Phi) is 10.8. The molecule has 3 fully saturated rings. The Balaban J connectivity index is 1.17. The lowest BCUT2D eigenvalue weighted by Gasteiger charge is -2.43. The van der Waals surface area contributed by atoms with E-state index in [2.05, 4.69) is 71.7 Å². The van der Waals surface area contributed by atoms with E-state index in [1.807, 2.05) is 18.2 Å². The van der Waals surface area contributed by atoms with Crippen molar-refractivity contribution in [3.8, 4) is 11.5 Å². The average molecular weight is 752 g/mol. The standard InChI is InChI=1S/C37H46BIN2O6/c1-4-23(17-25-18-30(39)35(42)32(19-25)46-3)11-12-31-33-26(5-2)20-28-34(29(33)21-38(45)47-31)37(44)41(36(28)43)27-13-15-40(16-14-27)22-24-9-7-6-8-10-24/h6-10,17-19,27-29,31,34,42,45H,4-5,11-16,20-22H2,1-3H3/b23-17+/t28-,29+,31-,34-/m1/s1. The summed E-state index contributed by atoms with van der Waals surface area (Å²) in [6, 6.07) is 14.1. The predicted molar refractivity (Wildman–Crippen MR) is 192 cm³/mol. The zero-order chi connectivity index (χ0) is 33.2. The minimum atomic E-state index is -0.972. The van der Waals surface area contributed by atoms with Crippen LogP contribution < -0.4 is 4.74 Å². The summed E-state index contributed by atoms with van der Waals surface area (Å²) < 4.78 is 12.3. The number of benzene rings is 2. The lowest BCUT2D eigenvalue weighted by Crippen LogP contribution is -2.48. The fraction of sp³-hybridized carbons (Fsp3) is 0.514. The number of likely N-dealkylation sites (tertiary alicyclic amines) is 2. The van der Waals surface area contributed by atoms with Crippen LogP contribution in [0, 0.1) is 21.3 Å². The highest BCUT2D eigenvalue weighted by Gasteiger charge is 2.58. The van der Waals surface area contributed by atoms with Crippen molar-refractivity contribution in [3.63, 3.8) is 0 Å². The van der Waals surface area contributed by atoms with Crippen molar-refractivity contribution < 1.29 is 29.1 Å². The van der Waals surface area contributed by atoms with Crippen molar-refractivity contribution in [2.75, 3.05) is 20.2 Å². The van der Waals surface area contributed by atoms with Crippen LogP contribution >= 0.6 is 22.6 Å². The van der Waals surface area contributed by atoms with Crippen LogP contribution in [0.25, 0.3) is 6.08 Å². The lowest BCUT2D eigenvalue weighted by molar-refractivity contribution is -0.144. The molecular formula is C37H46BIN2O6. The molecule has 2 N–H and O–H groups in total. The molecule has 3 saturated heterocycles. The number of nitrogens with zero attached hydrogens (tertiary/aromatic N) is 2. The van der Waals surface area contributed by atoms with Crippen LogP contribution in [0.5, 0.6) is 11.5 Å². The molecule has 1 aliphatic carbocycles. The van der Waals surface area contributed by atoms with E-state index in [0.29, 0.717) is 24.9 Å². The molecule has 0 unspecified atom stereocenters. The second-order valence-corrected chi connectivity index (χ2v) is 14.6. The lowest BCUT2D eigenvalue weighted by atomic mass is 9.58. The van der Waals surface area contributed by atoms with E-state index < -0.39 is 13.0 Å². The maximum absolute atomic E-state index is 14.2. The maximum Gasteiger partial charge on any atom is 0.455 e. The number of imide groups is 1. The normalized spacial score (nSPS) is 25.8. The van der Waals surface area contributed by atoms with E-state index in [1.54, 1.807) is 12.0 Å². The monoisotopic (exact) mass is 752 g/mol. The van der Waals surface area contributed by atoms with Gasteiger partial charge in [-0.15, -0.1) is 0 Å². The predicted octanol–water partition coefficient (Wildman–Crippen LogP) is 6.45. The number of hydrogen-bond acceptors (Lipinski definition) is 7. The van der Waals surface area contributed by atoms with Crippen molar-refractivity contribution in [1.82, 2.24) is 9.80 Å². The van der Waals surface area contributed by atoms with Crippen LogP contribution in [0.2, 0.25) is 6.32 Å². The van der Waals surface area contributed by atoms with Crippen molar-refractivity contribution in [3.05, 3.63) is 73.9 Å². The molecule has 2 aromatic carbocycles. The number of phenols is 1. The molecule has 250 valence electrons. The number of piperidine rings is 1. The fourth-order valence-corrected chi connectivity index (χ4v) is 9.03. The summed E-state index contributed by atoms with van der Waals surface area (Å²) in [5.74, 6) is -0.440. The number of hydrogen-bond donors (Lipinski definition) is 2. The second kappa shape index (κ2) is 14.8. The smallest absolute Gasteiger partial charge is 0.455 e. The van der Waals surface area contributed by atoms with Gasteiger partial charge < -0.3 is 19.5 Å². The molecule has 0 spiro atoms. The number of fused-ring (bicyclic) bond motifs is 3. The molecular weight excluding hydrogens is 706 g/mol. The fourth-order valence-electron chi connectivity index (χ4n) is 8.40. The van der Waals surface area contributed by atoms with Gasteiger partial charge in [0.2, 0.25) is 11.8 Å². The highest BCUT2D eigenvalue weighted by molar-refractivity contribution is 14.1. The summed E-state index contributed by atoms with van der Waals surface area (Å²) >= 11 is 2.11. The van der Waals surface area contributed by atoms with E-state index in [-0.39, 0.29) is 41.5 Å². The molecule has 0 saturated carbocycles. The van der Waals surface area contributed by atoms with Crippen LogP contribution in [0.3, 0.4) is 0 Å². The number of carbonyl (C=O) groups is 2. The first kappa shape index (κ1) is 34.2. The number of aromatic hydroxyl groups is 1. The van der Waals surface area contributed by atoms with Gasteiger partial charge in [0.25, 0.3) is 0 Å². The summed E-state index contributed by atoms with van der Waals surface area (Å²) in [5.41, 5.74) is 5.82. The Morgan fingerprint density at radius 1 is 1.11 bits per heavy atom. The molecule has 47 heavy (non-hydrogen) atoms. The average Bonchev–Trinajstić information content (AvgIpc) is 3.33. The van der Waals surface area contributed by atoms with Crippen LogP contribution in [-0.2, 0) is 20.8 Å². The van der Waals surface area contributed by atoms with Gasteiger partial charge in [-0.25, -0.2) is 0 Å². The van der Waals surface area contributed by atoms with E-state index >= 15 is 0 Å². The summed E-state index contributed by atoms with van der Waals surface area (Å²) in [4.78, 5) is 32.2. The van der Waals surface area contributed by atoms with Gasteiger partial charge in [0, 0.05) is 25.7 Å². The Morgan fingerprint density at radius 3 is 2.53 bits per heavy atom. The molecule has 0 bridgehead atoms. The van der Waals surface area contributed by atoms with E-state index in [0.717, 1.165) is 66.4 Å². The molecule has 3 aliphatic heterocycles. The third-order valence-electron chi connectivity index (χ3n) is 10.8. The minimum absolute atomic E-state index is 0.0146. The maximum atomic E-state index is 14.2. The van der Waals surface area contributed by atoms with Gasteiger partial charge >= 0.3 is 7.12 Å². The number of carbonyl (C=O) groups excluding carboxylic acids is 2. The van der Waals surface area contributed by atoms with Gasteiger partial charge in [0.1, 0.15) is 0 Å². The SMILES string of the molecule is CCC1=C2[C@@H](CC/C(=C/c3cc(I)c(O)c(OC)c3)CC)OB(O)C[C@@H]2[C@@H]2C(=O)N(C3CCN(Cc4ccccc4)CC3)C(=O)[C@@H]2C1. The number of methoxy groups -OCH3 is 1. The largest absolute Gasteiger partial charge is 0.504 e. The Hall–Kier alpha value is -2.67. The quantitative estimate of drug-likeness (QED) is 0.125. The summed E-state index contributed by atoms with van der Waals surface area (Å²) in [6.45, 7) is 6.85.